The molecule has 0 radical (unpaired) electrons. The number of hydrogen-bond acceptors (Lipinski definition) is 3. The lowest BCUT2D eigenvalue weighted by Gasteiger charge is -1.99. The molecule has 1 aromatic rings. The molecule has 0 spiro atoms. The summed E-state index contributed by atoms with van der Waals surface area (Å²) < 4.78 is 0. The largest absolute Gasteiger partial charge is 0.343 e. The van der Waals surface area contributed by atoms with E-state index in [-0.39, 0.29) is 6.54 Å². The predicted octanol–water partition coefficient (Wildman–Crippen LogP) is 0.321. The van der Waals surface area contributed by atoms with Crippen molar-refractivity contribution in [2.75, 3.05) is 6.54 Å². The van der Waals surface area contributed by atoms with Crippen LogP contribution in [0.2, 0.25) is 0 Å². The summed E-state index contributed by atoms with van der Waals surface area (Å²) in [6.07, 6.45) is 2.95. The van der Waals surface area contributed by atoms with Crippen LogP contribution in [-0.2, 0) is 9.59 Å². The molecule has 0 fully saturated rings. The third-order valence-corrected chi connectivity index (χ3v) is 1.77. The molecule has 0 aliphatic heterocycles. The van der Waals surface area contributed by atoms with Crippen LogP contribution in [0.15, 0.2) is 36.4 Å². The molecule has 0 atom stereocenters. The van der Waals surface area contributed by atoms with Gasteiger partial charge in [0.25, 0.3) is 5.91 Å². The maximum absolute atomic E-state index is 11.2. The fraction of sp³-hybridized carbons (Fsp3) is 0.0909. The quantitative estimate of drug-likeness (QED) is 0.388. The minimum Gasteiger partial charge on any atom is -0.343 e. The lowest BCUT2D eigenvalue weighted by molar-refractivity contribution is -0.130. The third kappa shape index (κ3) is 4.39. The van der Waals surface area contributed by atoms with Crippen molar-refractivity contribution in [1.29, 1.82) is 0 Å². The Labute approximate surface area is 92.7 Å². The lowest BCUT2D eigenvalue weighted by atomic mass is 10.2. The zero-order chi connectivity index (χ0) is 11.8. The summed E-state index contributed by atoms with van der Waals surface area (Å²) in [5, 5.41) is 10.5. The summed E-state index contributed by atoms with van der Waals surface area (Å²) in [7, 11) is 0. The van der Waals surface area contributed by atoms with E-state index in [0.29, 0.717) is 0 Å². The monoisotopic (exact) mass is 220 g/mol. The molecule has 5 nitrogen and oxygen atoms in total. The van der Waals surface area contributed by atoms with Crippen molar-refractivity contribution in [3.05, 3.63) is 42.0 Å². The van der Waals surface area contributed by atoms with Crippen LogP contribution >= 0.6 is 0 Å². The zero-order valence-corrected chi connectivity index (χ0v) is 8.51. The zero-order valence-electron chi connectivity index (χ0n) is 8.51. The van der Waals surface area contributed by atoms with E-state index in [1.807, 2.05) is 30.3 Å². The van der Waals surface area contributed by atoms with Crippen molar-refractivity contribution in [1.82, 2.24) is 10.8 Å². The summed E-state index contributed by atoms with van der Waals surface area (Å²) in [6, 6.07) is 9.30. The van der Waals surface area contributed by atoms with Crippen LogP contribution in [0.5, 0.6) is 0 Å². The highest BCUT2D eigenvalue weighted by Crippen LogP contribution is 2.00. The highest BCUT2D eigenvalue weighted by Gasteiger charge is 2.00. The Balaban J connectivity index is 2.40. The number of nitrogens with one attached hydrogen (secondary N) is 2. The minimum absolute atomic E-state index is 0.255. The molecule has 16 heavy (non-hydrogen) atoms. The number of benzene rings is 1. The summed E-state index contributed by atoms with van der Waals surface area (Å²) in [6.45, 7) is -0.255. The van der Waals surface area contributed by atoms with Gasteiger partial charge in [-0.1, -0.05) is 30.3 Å². The molecule has 1 rings (SSSR count). The van der Waals surface area contributed by atoms with E-state index in [1.54, 1.807) is 6.08 Å². The number of hydrogen-bond donors (Lipinski definition) is 3. The summed E-state index contributed by atoms with van der Waals surface area (Å²) >= 11 is 0. The third-order valence-electron chi connectivity index (χ3n) is 1.77. The highest BCUT2D eigenvalue weighted by atomic mass is 16.5. The van der Waals surface area contributed by atoms with Gasteiger partial charge in [0, 0.05) is 6.08 Å². The molecule has 0 saturated carbocycles. The van der Waals surface area contributed by atoms with Gasteiger partial charge in [0.15, 0.2) is 0 Å². The second kappa shape index (κ2) is 6.36. The molecule has 0 bridgehead atoms. The van der Waals surface area contributed by atoms with Crippen molar-refractivity contribution in [2.24, 2.45) is 0 Å². The van der Waals surface area contributed by atoms with Gasteiger partial charge in [-0.25, -0.2) is 5.48 Å². The van der Waals surface area contributed by atoms with E-state index >= 15 is 0 Å². The second-order valence-corrected chi connectivity index (χ2v) is 3.00. The minimum atomic E-state index is -0.665. The first-order valence-corrected chi connectivity index (χ1v) is 4.66. The Morgan fingerprint density at radius 2 is 1.94 bits per heavy atom. The van der Waals surface area contributed by atoms with Gasteiger partial charge in [-0.3, -0.25) is 14.8 Å². The number of hydroxylamine groups is 1. The first-order valence-electron chi connectivity index (χ1n) is 4.66. The first kappa shape index (κ1) is 11.9. The molecule has 0 aliphatic rings. The molecular formula is C11H12N2O3. The van der Waals surface area contributed by atoms with Crippen molar-refractivity contribution in [2.45, 2.75) is 0 Å². The molecule has 0 saturated heterocycles. The standard InChI is InChI=1S/C11H12N2O3/c14-10(12-8-11(15)13-16)7-6-9-4-2-1-3-5-9/h1-7,16H,8H2,(H,12,14)(H,13,15). The fourth-order valence-corrected chi connectivity index (χ4v) is 1.00. The van der Waals surface area contributed by atoms with Gasteiger partial charge in [0.05, 0.1) is 6.54 Å². The predicted molar refractivity (Wildman–Crippen MR) is 58.4 cm³/mol. The van der Waals surface area contributed by atoms with Crippen LogP contribution in [0.3, 0.4) is 0 Å². The van der Waals surface area contributed by atoms with Gasteiger partial charge in [0.1, 0.15) is 0 Å². The van der Waals surface area contributed by atoms with Gasteiger partial charge in [-0.2, -0.15) is 0 Å². The van der Waals surface area contributed by atoms with E-state index in [0.717, 1.165) is 5.56 Å². The molecule has 3 N–H and O–H groups in total. The van der Waals surface area contributed by atoms with Crippen molar-refractivity contribution < 1.29 is 14.8 Å². The van der Waals surface area contributed by atoms with Crippen molar-refractivity contribution in [3.63, 3.8) is 0 Å². The topological polar surface area (TPSA) is 78.4 Å². The van der Waals surface area contributed by atoms with Gasteiger partial charge in [-0.15, -0.1) is 0 Å². The highest BCUT2D eigenvalue weighted by molar-refractivity contribution is 5.94. The molecule has 0 heterocycles. The molecule has 0 unspecified atom stereocenters. The molecular weight excluding hydrogens is 208 g/mol. The maximum atomic E-state index is 11.2. The van der Waals surface area contributed by atoms with Crippen LogP contribution in [0.1, 0.15) is 5.56 Å². The van der Waals surface area contributed by atoms with Crippen LogP contribution in [-0.4, -0.2) is 23.6 Å². The Kier molecular flexibility index (Phi) is 4.75. The summed E-state index contributed by atoms with van der Waals surface area (Å²) in [5.41, 5.74) is 2.31. The molecule has 5 heteroatoms. The Morgan fingerprint density at radius 3 is 2.56 bits per heavy atom. The lowest BCUT2D eigenvalue weighted by Crippen LogP contribution is -2.34. The normalized spacial score (nSPS) is 10.1. The van der Waals surface area contributed by atoms with Crippen molar-refractivity contribution in [3.8, 4) is 0 Å². The van der Waals surface area contributed by atoms with Gasteiger partial charge < -0.3 is 5.32 Å². The van der Waals surface area contributed by atoms with E-state index in [9.17, 15) is 9.59 Å². The van der Waals surface area contributed by atoms with E-state index < -0.39 is 11.8 Å². The Bertz CT molecular complexity index is 387. The first-order chi connectivity index (χ1) is 7.72. The van der Waals surface area contributed by atoms with Crippen LogP contribution in [0.25, 0.3) is 6.08 Å². The second-order valence-electron chi connectivity index (χ2n) is 3.00. The smallest absolute Gasteiger partial charge is 0.262 e. The Morgan fingerprint density at radius 1 is 1.25 bits per heavy atom. The Hall–Kier alpha value is -2.14. The SMILES string of the molecule is O=C(C=Cc1ccccc1)NCC(=O)NO. The average molecular weight is 220 g/mol. The number of amides is 2. The van der Waals surface area contributed by atoms with Gasteiger partial charge in [-0.05, 0) is 11.6 Å². The molecule has 0 aromatic heterocycles. The van der Waals surface area contributed by atoms with Crippen LogP contribution < -0.4 is 10.8 Å². The number of rotatable bonds is 4. The number of carbonyl (C=O) groups excluding carboxylic acids is 2. The van der Waals surface area contributed by atoms with E-state index in [4.69, 9.17) is 5.21 Å². The van der Waals surface area contributed by atoms with Gasteiger partial charge in [0.2, 0.25) is 5.91 Å². The maximum Gasteiger partial charge on any atom is 0.262 e. The molecule has 2 amide bonds. The van der Waals surface area contributed by atoms with Crippen molar-refractivity contribution >= 4 is 17.9 Å². The summed E-state index contributed by atoms with van der Waals surface area (Å²) in [5.74, 6) is -1.06. The van der Waals surface area contributed by atoms with Crippen LogP contribution in [0, 0.1) is 0 Å². The van der Waals surface area contributed by atoms with Gasteiger partial charge >= 0.3 is 0 Å². The van der Waals surface area contributed by atoms with E-state index in [1.165, 1.54) is 11.6 Å². The average Bonchev–Trinajstić information content (AvgIpc) is 2.34. The molecule has 0 aliphatic carbocycles. The molecule has 84 valence electrons. The molecule has 1 aromatic carbocycles. The fourth-order valence-electron chi connectivity index (χ4n) is 1.00. The van der Waals surface area contributed by atoms with E-state index in [2.05, 4.69) is 5.32 Å². The van der Waals surface area contributed by atoms with Crippen LogP contribution in [0.4, 0.5) is 0 Å². The summed E-state index contributed by atoms with van der Waals surface area (Å²) in [4.78, 5) is 21.8. The number of carbonyl (C=O) groups is 2.